The molecule has 0 aromatic heterocycles. The average Bonchev–Trinajstić information content (AvgIpc) is 3.16. The molecule has 0 aromatic rings. The normalized spacial score (nSPS) is 40.3. The van der Waals surface area contributed by atoms with Crippen molar-refractivity contribution in [3.05, 3.63) is 0 Å². The highest BCUT2D eigenvalue weighted by Crippen LogP contribution is 2.35. The second kappa shape index (κ2) is 21.9. The first kappa shape index (κ1) is 45.2. The molecular formula is C34H64N10O11S. The summed E-state index contributed by atoms with van der Waals surface area (Å²) in [4.78, 5) is 20.7. The molecule has 1 heterocycles. The molecule has 56 heavy (non-hydrogen) atoms. The van der Waals surface area contributed by atoms with Crippen LogP contribution in [0.15, 0.2) is 20.5 Å². The Morgan fingerprint density at radius 1 is 0.768 bits per heavy atom. The fourth-order valence-corrected chi connectivity index (χ4v) is 10.1. The van der Waals surface area contributed by atoms with Gasteiger partial charge in [0.05, 0.1) is 61.3 Å². The quantitative estimate of drug-likeness (QED) is 0.0399. The highest BCUT2D eigenvalue weighted by molar-refractivity contribution is 7.86. The van der Waals surface area contributed by atoms with Crippen molar-refractivity contribution in [2.24, 2.45) is 44.1 Å². The summed E-state index contributed by atoms with van der Waals surface area (Å²) in [5, 5.41) is 75.7. The number of azo groups is 2. The number of ether oxygens (including phenoxy) is 1. The molecule has 0 bridgehead atoms. The lowest BCUT2D eigenvalue weighted by Crippen LogP contribution is -2.79. The third-order valence-corrected chi connectivity index (χ3v) is 13.5. The minimum Gasteiger partial charge on any atom is -0.481 e. The number of nitrogens with one attached hydrogen (secondary N) is 6. The van der Waals surface area contributed by atoms with E-state index < -0.39 is 33.3 Å². The van der Waals surface area contributed by atoms with Gasteiger partial charge in [0.25, 0.3) is 10.1 Å². The Balaban J connectivity index is 1.12. The maximum atomic E-state index is 11.9. The van der Waals surface area contributed by atoms with Crippen LogP contribution >= 0.6 is 0 Å². The molecule has 0 spiro atoms. The summed E-state index contributed by atoms with van der Waals surface area (Å²) >= 11 is 0. The summed E-state index contributed by atoms with van der Waals surface area (Å²) in [5.41, 5.74) is 0. The van der Waals surface area contributed by atoms with Crippen molar-refractivity contribution >= 4 is 16.1 Å². The van der Waals surface area contributed by atoms with E-state index in [2.05, 4.69) is 58.8 Å². The second-order valence-electron chi connectivity index (χ2n) is 16.3. The monoisotopic (exact) mass is 820 g/mol. The van der Waals surface area contributed by atoms with Crippen molar-refractivity contribution in [1.82, 2.24) is 31.9 Å². The molecule has 14 unspecified atom stereocenters. The van der Waals surface area contributed by atoms with Gasteiger partial charge in [0, 0.05) is 25.7 Å². The van der Waals surface area contributed by atoms with Crippen LogP contribution in [0.5, 0.6) is 0 Å². The van der Waals surface area contributed by atoms with E-state index in [1.807, 2.05) is 0 Å². The molecule has 322 valence electrons. The zero-order chi connectivity index (χ0) is 40.2. The number of carbonyl (C=O) groups is 1. The molecule has 4 aliphatic carbocycles. The Bertz CT molecular complexity index is 1370. The average molecular weight is 821 g/mol. The molecule has 4 saturated carbocycles. The first-order valence-corrected chi connectivity index (χ1v) is 21.6. The van der Waals surface area contributed by atoms with Crippen molar-refractivity contribution in [2.45, 2.75) is 150 Å². The van der Waals surface area contributed by atoms with Gasteiger partial charge >= 0.3 is 5.97 Å². The number of nitrogens with zero attached hydrogens (tertiary/aromatic N) is 4. The van der Waals surface area contributed by atoms with Gasteiger partial charge in [-0.15, -0.1) is 0 Å². The summed E-state index contributed by atoms with van der Waals surface area (Å²) in [7, 11) is -2.62. The molecule has 1 saturated heterocycles. The van der Waals surface area contributed by atoms with E-state index >= 15 is 0 Å². The topological polar surface area (TPSA) is 302 Å². The fraction of sp³-hybridized carbons (Fsp3) is 0.971. The first-order chi connectivity index (χ1) is 26.9. The fourth-order valence-electron chi connectivity index (χ4n) is 9.24. The lowest BCUT2D eigenvalue weighted by molar-refractivity contribution is -0.263. The Labute approximate surface area is 328 Å². The van der Waals surface area contributed by atoms with Crippen molar-refractivity contribution in [3.63, 3.8) is 0 Å². The molecule has 11 N–H and O–H groups in total. The molecule has 0 aromatic carbocycles. The highest BCUT2D eigenvalue weighted by Gasteiger charge is 2.41. The van der Waals surface area contributed by atoms with E-state index in [0.29, 0.717) is 13.0 Å². The number of carboxylic acids is 1. The Hall–Kier alpha value is -1.90. The zero-order valence-corrected chi connectivity index (χ0v) is 33.2. The standard InChI is InChI=1S/C34H64N10O11S/c1-19-11-22(3-6-27(19)43-44-28-8-5-25(56(50,51)52)16-26(28)31(46)47)36-33-38-32(35-9-10-45)39-34(40-33)37-29-7-4-23(15-30(29)53-2)41-42-24-13-20(17-54-48)12-21(14-24)18-55-49/h19-30,32-40,45,48-49H,3-18H2,1-2H3,(H,46,47)(H,50,51,52). The van der Waals surface area contributed by atoms with Crippen LogP contribution in [0.3, 0.4) is 0 Å². The van der Waals surface area contributed by atoms with Crippen molar-refractivity contribution < 1.29 is 53.0 Å². The van der Waals surface area contributed by atoms with Crippen LogP contribution in [0.4, 0.5) is 0 Å². The van der Waals surface area contributed by atoms with E-state index in [4.69, 9.17) is 25.5 Å². The van der Waals surface area contributed by atoms with Crippen LogP contribution < -0.4 is 31.9 Å². The molecule has 0 radical (unpaired) electrons. The third-order valence-electron chi connectivity index (χ3n) is 12.2. The minimum atomic E-state index is -4.32. The van der Waals surface area contributed by atoms with Crippen LogP contribution in [-0.2, 0) is 29.4 Å². The maximum Gasteiger partial charge on any atom is 0.308 e. The van der Waals surface area contributed by atoms with Gasteiger partial charge in [0.1, 0.15) is 18.9 Å². The van der Waals surface area contributed by atoms with Gasteiger partial charge in [-0.25, -0.2) is 9.78 Å². The Kier molecular flexibility index (Phi) is 17.7. The summed E-state index contributed by atoms with van der Waals surface area (Å²) in [6, 6.07) is -0.610. The van der Waals surface area contributed by atoms with Crippen LogP contribution in [-0.4, -0.2) is 140 Å². The SMILES string of the molecule is COC1CC(N=NC2CC(COO)CC(COO)C2)CCC1NC1NC(NCCO)NC(NC2CCC(N=NC3CCC(S(=O)(=O)O)CC3C(=O)O)C(C)C2)N1. The summed E-state index contributed by atoms with van der Waals surface area (Å²) in [6.45, 7) is 2.88. The highest BCUT2D eigenvalue weighted by atomic mass is 32.2. The van der Waals surface area contributed by atoms with Crippen LogP contribution in [0.2, 0.25) is 0 Å². The molecule has 5 aliphatic rings. The lowest BCUT2D eigenvalue weighted by atomic mass is 9.79. The van der Waals surface area contributed by atoms with Crippen LogP contribution in [0.1, 0.15) is 84.0 Å². The van der Waals surface area contributed by atoms with Crippen LogP contribution in [0.25, 0.3) is 0 Å². The predicted molar refractivity (Wildman–Crippen MR) is 201 cm³/mol. The zero-order valence-electron chi connectivity index (χ0n) is 32.4. The molecule has 0 amide bonds. The molecule has 22 heteroatoms. The predicted octanol–water partition coefficient (Wildman–Crippen LogP) is 1.05. The van der Waals surface area contributed by atoms with Gasteiger partial charge in [-0.3, -0.25) is 51.8 Å². The van der Waals surface area contributed by atoms with Crippen molar-refractivity contribution in [3.8, 4) is 0 Å². The number of hydrogen-bond acceptors (Lipinski definition) is 19. The minimum absolute atomic E-state index is 0.00214. The van der Waals surface area contributed by atoms with Crippen molar-refractivity contribution in [1.29, 1.82) is 0 Å². The maximum absolute atomic E-state index is 11.9. The summed E-state index contributed by atoms with van der Waals surface area (Å²) in [5.74, 6) is -1.79. The number of aliphatic hydroxyl groups excluding tert-OH is 1. The molecule has 5 rings (SSSR count). The van der Waals surface area contributed by atoms with E-state index in [9.17, 15) is 28.0 Å². The lowest BCUT2D eigenvalue weighted by Gasteiger charge is -2.44. The number of carboxylic acid groups (broad SMARTS) is 1. The largest absolute Gasteiger partial charge is 0.481 e. The van der Waals surface area contributed by atoms with Gasteiger partial charge in [0.2, 0.25) is 0 Å². The number of aliphatic carboxylic acids is 1. The molecule has 5 fully saturated rings. The van der Waals surface area contributed by atoms with Gasteiger partial charge in [-0.1, -0.05) is 6.92 Å². The summed E-state index contributed by atoms with van der Waals surface area (Å²) in [6.07, 6.45) is 6.09. The second-order valence-corrected chi connectivity index (χ2v) is 18.0. The molecule has 21 nitrogen and oxygen atoms in total. The number of aliphatic hydroxyl groups is 1. The number of hydrogen-bond donors (Lipinski definition) is 11. The van der Waals surface area contributed by atoms with Crippen molar-refractivity contribution in [2.75, 3.05) is 33.5 Å². The van der Waals surface area contributed by atoms with E-state index in [1.54, 1.807) is 7.11 Å². The Morgan fingerprint density at radius 3 is 2.04 bits per heavy atom. The van der Waals surface area contributed by atoms with E-state index in [0.717, 1.165) is 51.4 Å². The van der Waals surface area contributed by atoms with Crippen LogP contribution in [0, 0.1) is 23.7 Å². The van der Waals surface area contributed by atoms with Gasteiger partial charge < -0.3 is 14.9 Å². The third kappa shape index (κ3) is 13.3. The van der Waals surface area contributed by atoms with Gasteiger partial charge in [0.15, 0.2) is 0 Å². The van der Waals surface area contributed by atoms with E-state index in [1.165, 1.54) is 0 Å². The Morgan fingerprint density at radius 2 is 1.41 bits per heavy atom. The smallest absolute Gasteiger partial charge is 0.308 e. The summed E-state index contributed by atoms with van der Waals surface area (Å²) < 4.78 is 38.7. The van der Waals surface area contributed by atoms with Gasteiger partial charge in [-0.2, -0.15) is 28.9 Å². The van der Waals surface area contributed by atoms with Gasteiger partial charge in [-0.05, 0) is 94.8 Å². The molecular weight excluding hydrogens is 757 g/mol. The van der Waals surface area contributed by atoms with E-state index in [-0.39, 0.29) is 112 Å². The first-order valence-electron chi connectivity index (χ1n) is 20.1. The number of methoxy groups -OCH3 is 1. The molecule has 14 atom stereocenters. The number of rotatable bonds is 18. The molecule has 1 aliphatic heterocycles.